The second-order valence-electron chi connectivity index (χ2n) is 9.62. The minimum atomic E-state index is -1.02. The molecule has 0 saturated heterocycles. The third-order valence-corrected chi connectivity index (χ3v) is 6.66. The van der Waals surface area contributed by atoms with Gasteiger partial charge in [-0.3, -0.25) is 9.69 Å². The minimum Gasteiger partial charge on any atom is -0.506 e. The monoisotopic (exact) mass is 545 g/mol. The molecular formula is C31H35N3O6. The lowest BCUT2D eigenvalue weighted by atomic mass is 10.0. The molecule has 0 fully saturated rings. The molecular weight excluding hydrogens is 510 g/mol. The van der Waals surface area contributed by atoms with E-state index in [4.69, 9.17) is 4.74 Å². The number of fused-ring (bicyclic) bond motifs is 1. The maximum atomic E-state index is 11.9. The first kappa shape index (κ1) is 28.7. The normalized spacial score (nSPS) is 11.8. The van der Waals surface area contributed by atoms with Crippen LogP contribution in [0.25, 0.3) is 10.9 Å². The van der Waals surface area contributed by atoms with Crippen molar-refractivity contribution in [2.45, 2.75) is 38.3 Å². The molecule has 4 aromatic rings. The van der Waals surface area contributed by atoms with Gasteiger partial charge in [-0.2, -0.15) is 0 Å². The van der Waals surface area contributed by atoms with Crippen LogP contribution in [0.15, 0.2) is 83.7 Å². The molecule has 1 amide bonds. The highest BCUT2D eigenvalue weighted by atomic mass is 16.5. The lowest BCUT2D eigenvalue weighted by Gasteiger charge is -2.20. The van der Waals surface area contributed by atoms with E-state index < -0.39 is 12.2 Å². The quantitative estimate of drug-likeness (QED) is 0.138. The number of aromatic amines is 1. The predicted octanol–water partition coefficient (Wildman–Crippen LogP) is 5.18. The Hall–Kier alpha value is -4.34. The number of ether oxygens (including phenoxy) is 1. The van der Waals surface area contributed by atoms with Crippen LogP contribution in [0.5, 0.6) is 11.5 Å². The van der Waals surface area contributed by atoms with E-state index in [0.29, 0.717) is 41.1 Å². The van der Waals surface area contributed by atoms with Crippen LogP contribution in [0.1, 0.15) is 42.9 Å². The van der Waals surface area contributed by atoms with Crippen molar-refractivity contribution >= 4 is 22.7 Å². The van der Waals surface area contributed by atoms with E-state index in [1.807, 2.05) is 36.4 Å². The number of amides is 1. The van der Waals surface area contributed by atoms with Gasteiger partial charge >= 0.3 is 6.09 Å². The lowest BCUT2D eigenvalue weighted by Crippen LogP contribution is -2.28. The van der Waals surface area contributed by atoms with Crippen LogP contribution in [0.2, 0.25) is 0 Å². The molecule has 1 atom stereocenters. The van der Waals surface area contributed by atoms with Crippen molar-refractivity contribution in [1.29, 1.82) is 0 Å². The van der Waals surface area contributed by atoms with Gasteiger partial charge in [0.25, 0.3) is 0 Å². The molecule has 0 spiro atoms. The smallest absolute Gasteiger partial charge is 0.412 e. The van der Waals surface area contributed by atoms with E-state index in [0.717, 1.165) is 37.8 Å². The summed E-state index contributed by atoms with van der Waals surface area (Å²) < 4.78 is 5.88. The molecule has 9 heteroatoms. The standard InChI is InChI=1S/C31H35N3O6/c35-27-15-13-25(26-14-16-29(37)33-30(26)27)28(36)20-32-17-6-1-2-7-18-40-24-12-8-11-23(19-24)34(31(38)39)21-22-9-4-3-5-10-22/h3-5,8-16,19,28,32,35-36H,1-2,6-7,17-18,20-21H2,(H,33,37)(H,38,39)/t28-/m0/s1. The molecule has 4 rings (SSSR count). The number of nitrogens with one attached hydrogen (secondary N) is 2. The van der Waals surface area contributed by atoms with E-state index in [1.54, 1.807) is 30.3 Å². The summed E-state index contributed by atoms with van der Waals surface area (Å²) in [6, 6.07) is 22.7. The molecule has 1 aromatic heterocycles. The Morgan fingerprint density at radius 1 is 0.950 bits per heavy atom. The summed E-state index contributed by atoms with van der Waals surface area (Å²) >= 11 is 0. The highest BCUT2D eigenvalue weighted by Crippen LogP contribution is 2.28. The summed E-state index contributed by atoms with van der Waals surface area (Å²) in [4.78, 5) is 27.3. The summed E-state index contributed by atoms with van der Waals surface area (Å²) in [7, 11) is 0. The Kier molecular flexibility index (Phi) is 10.1. The van der Waals surface area contributed by atoms with Crippen LogP contribution in [0.4, 0.5) is 10.5 Å². The van der Waals surface area contributed by atoms with Gasteiger partial charge in [0.1, 0.15) is 11.5 Å². The molecule has 40 heavy (non-hydrogen) atoms. The largest absolute Gasteiger partial charge is 0.506 e. The number of H-pyrrole nitrogens is 1. The van der Waals surface area contributed by atoms with E-state index >= 15 is 0 Å². The van der Waals surface area contributed by atoms with Crippen molar-refractivity contribution in [3.05, 3.63) is 100 Å². The summed E-state index contributed by atoms with van der Waals surface area (Å²) in [5.41, 5.74) is 2.13. The van der Waals surface area contributed by atoms with E-state index in [-0.39, 0.29) is 17.9 Å². The number of aromatic nitrogens is 1. The molecule has 0 aliphatic heterocycles. The minimum absolute atomic E-state index is 0.0291. The van der Waals surface area contributed by atoms with Crippen LogP contribution in [0, 0.1) is 0 Å². The van der Waals surface area contributed by atoms with Crippen LogP contribution in [0.3, 0.4) is 0 Å². The van der Waals surface area contributed by atoms with Crippen molar-refractivity contribution in [2.75, 3.05) is 24.6 Å². The number of anilines is 1. The third kappa shape index (κ3) is 7.84. The number of hydrogen-bond donors (Lipinski definition) is 5. The molecule has 0 aliphatic rings. The number of carbonyl (C=O) groups is 1. The molecule has 0 aliphatic carbocycles. The fourth-order valence-electron chi connectivity index (χ4n) is 4.57. The number of hydrogen-bond acceptors (Lipinski definition) is 6. The number of aromatic hydroxyl groups is 1. The van der Waals surface area contributed by atoms with E-state index in [2.05, 4.69) is 10.3 Å². The molecule has 5 N–H and O–H groups in total. The fraction of sp³-hybridized carbons (Fsp3) is 0.290. The number of aliphatic hydroxyl groups excluding tert-OH is 1. The first-order valence-electron chi connectivity index (χ1n) is 13.4. The number of benzene rings is 3. The van der Waals surface area contributed by atoms with Crippen LogP contribution >= 0.6 is 0 Å². The van der Waals surface area contributed by atoms with Gasteiger partial charge in [-0.25, -0.2) is 4.79 Å². The van der Waals surface area contributed by atoms with Crippen LogP contribution in [-0.2, 0) is 6.54 Å². The Labute approximate surface area is 232 Å². The molecule has 0 radical (unpaired) electrons. The fourth-order valence-corrected chi connectivity index (χ4v) is 4.57. The summed E-state index contributed by atoms with van der Waals surface area (Å²) in [5, 5.41) is 34.2. The molecule has 0 unspecified atom stereocenters. The zero-order valence-corrected chi connectivity index (χ0v) is 22.3. The van der Waals surface area contributed by atoms with Gasteiger partial charge in [0, 0.05) is 24.1 Å². The number of carboxylic acid groups (broad SMARTS) is 1. The Morgan fingerprint density at radius 3 is 2.55 bits per heavy atom. The predicted molar refractivity (Wildman–Crippen MR) is 155 cm³/mol. The molecule has 0 bridgehead atoms. The van der Waals surface area contributed by atoms with Gasteiger partial charge in [0.05, 0.1) is 30.5 Å². The number of aliphatic hydroxyl groups is 1. The van der Waals surface area contributed by atoms with Crippen molar-refractivity contribution in [1.82, 2.24) is 10.3 Å². The highest BCUT2D eigenvalue weighted by molar-refractivity contribution is 5.87. The molecule has 9 nitrogen and oxygen atoms in total. The number of phenols is 1. The van der Waals surface area contributed by atoms with Gasteiger partial charge < -0.3 is 30.4 Å². The van der Waals surface area contributed by atoms with E-state index in [9.17, 15) is 24.9 Å². The zero-order chi connectivity index (χ0) is 28.3. The molecule has 210 valence electrons. The average molecular weight is 546 g/mol. The van der Waals surface area contributed by atoms with Gasteiger partial charge in [0.2, 0.25) is 5.56 Å². The Balaban J connectivity index is 1.14. The van der Waals surface area contributed by atoms with Crippen molar-refractivity contribution in [3.8, 4) is 11.5 Å². The maximum Gasteiger partial charge on any atom is 0.412 e. The number of pyridine rings is 1. The van der Waals surface area contributed by atoms with Gasteiger partial charge in [0.15, 0.2) is 0 Å². The summed E-state index contributed by atoms with van der Waals surface area (Å²) in [6.07, 6.45) is 2.00. The highest BCUT2D eigenvalue weighted by Gasteiger charge is 2.16. The topological polar surface area (TPSA) is 135 Å². The molecule has 0 saturated carbocycles. The number of rotatable bonds is 14. The number of nitrogens with zero attached hydrogens (tertiary/aromatic N) is 1. The maximum absolute atomic E-state index is 11.9. The Bertz CT molecular complexity index is 1460. The van der Waals surface area contributed by atoms with Crippen LogP contribution in [-0.4, -0.2) is 46.1 Å². The van der Waals surface area contributed by atoms with Crippen LogP contribution < -0.4 is 20.5 Å². The van der Waals surface area contributed by atoms with Gasteiger partial charge in [-0.15, -0.1) is 0 Å². The third-order valence-electron chi connectivity index (χ3n) is 6.66. The summed E-state index contributed by atoms with van der Waals surface area (Å²) in [5.74, 6) is 0.608. The van der Waals surface area contributed by atoms with E-state index in [1.165, 1.54) is 17.0 Å². The first-order chi connectivity index (χ1) is 19.4. The Morgan fingerprint density at radius 2 is 1.75 bits per heavy atom. The second kappa shape index (κ2) is 14.2. The molecule has 3 aromatic carbocycles. The van der Waals surface area contributed by atoms with Crippen molar-refractivity contribution in [3.63, 3.8) is 0 Å². The average Bonchev–Trinajstić information content (AvgIpc) is 2.96. The zero-order valence-electron chi connectivity index (χ0n) is 22.3. The SMILES string of the molecule is O=C(O)N(Cc1ccccc1)c1cccc(OCCCCCCNC[C@H](O)c2ccc(O)c3[nH]c(=O)ccc23)c1. The number of unbranched alkanes of at least 4 members (excludes halogenated alkanes) is 3. The summed E-state index contributed by atoms with van der Waals surface area (Å²) in [6.45, 7) is 1.91. The van der Waals surface area contributed by atoms with Gasteiger partial charge in [-0.05, 0) is 54.8 Å². The lowest BCUT2D eigenvalue weighted by molar-refractivity contribution is 0.176. The number of phenolic OH excluding ortho intramolecular Hbond substituents is 1. The van der Waals surface area contributed by atoms with Crippen molar-refractivity contribution in [2.24, 2.45) is 0 Å². The van der Waals surface area contributed by atoms with Gasteiger partial charge in [-0.1, -0.05) is 55.3 Å². The molecule has 1 heterocycles. The first-order valence-corrected chi connectivity index (χ1v) is 13.4. The van der Waals surface area contributed by atoms with Crippen molar-refractivity contribution < 1.29 is 24.9 Å². The second-order valence-corrected chi connectivity index (χ2v) is 9.62.